The Labute approximate surface area is 195 Å². The maximum absolute atomic E-state index is 12.7. The molecule has 3 fully saturated rings. The van der Waals surface area contributed by atoms with Gasteiger partial charge in [0.1, 0.15) is 11.6 Å². The third-order valence-corrected chi connectivity index (χ3v) is 9.56. The van der Waals surface area contributed by atoms with Crippen LogP contribution in [0.3, 0.4) is 0 Å². The minimum Gasteiger partial charge on any atom is -0.394 e. The summed E-state index contributed by atoms with van der Waals surface area (Å²) < 4.78 is 12.7. The molecule has 0 spiro atoms. The first-order valence-corrected chi connectivity index (χ1v) is 13.3. The molecule has 4 aliphatic rings. The van der Waals surface area contributed by atoms with Gasteiger partial charge in [0, 0.05) is 49.6 Å². The molecule has 6 rings (SSSR count). The Hall–Kier alpha value is -1.77. The van der Waals surface area contributed by atoms with Crippen molar-refractivity contribution in [2.75, 3.05) is 35.7 Å². The van der Waals surface area contributed by atoms with Gasteiger partial charge < -0.3 is 15.3 Å². The number of hydrogen-bond acceptors (Lipinski definition) is 7. The van der Waals surface area contributed by atoms with E-state index in [9.17, 15) is 9.32 Å². The average molecular weight is 474 g/mol. The van der Waals surface area contributed by atoms with Crippen molar-refractivity contribution in [1.82, 2.24) is 15.0 Å². The van der Waals surface area contributed by atoms with Crippen LogP contribution in [0.25, 0.3) is 0 Å². The summed E-state index contributed by atoms with van der Waals surface area (Å²) in [5, 5.41) is 14.1. The van der Waals surface area contributed by atoms with Crippen molar-refractivity contribution in [3.63, 3.8) is 0 Å². The predicted octanol–water partition coefficient (Wildman–Crippen LogP) is 3.15. The molecule has 0 amide bonds. The van der Waals surface area contributed by atoms with Crippen LogP contribution >= 0.6 is 11.6 Å². The Morgan fingerprint density at radius 2 is 1.94 bits per heavy atom. The second kappa shape index (κ2) is 7.92. The first kappa shape index (κ1) is 20.8. The molecule has 2 aliphatic heterocycles. The standard InChI is InChI=1S/C23H28ClN5O2S/c24-17-9-25-22(26-10-17)14-6-15-11-29(12-16(15)7-14)20-8-19(28-23(13-30)3-1-4-23)21-18(27-20)2-5-32(21)31/h8-10,14-16,30H,1-7,11-13H2,(H,27,28)/t14?,15?,16?,32-/m1/s1. The topological polar surface area (TPSA) is 91.2 Å². The molecular formula is C23H28ClN5O2S. The van der Waals surface area contributed by atoms with Gasteiger partial charge in [0.15, 0.2) is 0 Å². The maximum atomic E-state index is 12.7. The molecule has 0 aromatic carbocycles. The molecule has 2 unspecified atom stereocenters. The minimum absolute atomic E-state index is 0.105. The Bertz CT molecular complexity index is 1040. The molecular weight excluding hydrogens is 446 g/mol. The van der Waals surface area contributed by atoms with Crippen LogP contribution in [0.4, 0.5) is 11.5 Å². The summed E-state index contributed by atoms with van der Waals surface area (Å²) in [6.45, 7) is 2.07. The van der Waals surface area contributed by atoms with Crippen LogP contribution in [-0.2, 0) is 17.2 Å². The summed E-state index contributed by atoms with van der Waals surface area (Å²) in [6.07, 6.45) is 9.34. The van der Waals surface area contributed by atoms with E-state index in [1.807, 2.05) is 0 Å². The highest BCUT2D eigenvalue weighted by molar-refractivity contribution is 7.85. The van der Waals surface area contributed by atoms with Gasteiger partial charge in [0.2, 0.25) is 0 Å². The summed E-state index contributed by atoms with van der Waals surface area (Å²) >= 11 is 5.95. The lowest BCUT2D eigenvalue weighted by molar-refractivity contribution is 0.144. The predicted molar refractivity (Wildman–Crippen MR) is 125 cm³/mol. The van der Waals surface area contributed by atoms with Gasteiger partial charge in [-0.25, -0.2) is 15.0 Å². The van der Waals surface area contributed by atoms with E-state index in [1.54, 1.807) is 12.4 Å². The number of nitrogens with one attached hydrogen (secondary N) is 1. The van der Waals surface area contributed by atoms with E-state index < -0.39 is 10.8 Å². The van der Waals surface area contributed by atoms with Gasteiger partial charge in [-0.1, -0.05) is 11.6 Å². The zero-order valence-electron chi connectivity index (χ0n) is 18.0. The van der Waals surface area contributed by atoms with Gasteiger partial charge in [0.25, 0.3) is 0 Å². The highest BCUT2D eigenvalue weighted by Crippen LogP contribution is 2.47. The lowest BCUT2D eigenvalue weighted by atomic mass is 9.77. The fourth-order valence-electron chi connectivity index (χ4n) is 5.98. The molecule has 3 atom stereocenters. The molecule has 0 radical (unpaired) electrons. The molecule has 7 nitrogen and oxygen atoms in total. The first-order chi connectivity index (χ1) is 15.5. The van der Waals surface area contributed by atoms with Crippen molar-refractivity contribution in [2.24, 2.45) is 11.8 Å². The van der Waals surface area contributed by atoms with E-state index in [1.165, 1.54) is 0 Å². The quantitative estimate of drug-likeness (QED) is 0.689. The Balaban J connectivity index is 1.22. The number of pyridine rings is 1. The largest absolute Gasteiger partial charge is 0.394 e. The number of hydrogen-bond donors (Lipinski definition) is 2. The summed E-state index contributed by atoms with van der Waals surface area (Å²) in [5.74, 6) is 4.15. The van der Waals surface area contributed by atoms with Gasteiger partial charge in [-0.3, -0.25) is 4.21 Å². The number of aryl methyl sites for hydroxylation is 1. The normalized spacial score (nSPS) is 30.1. The van der Waals surface area contributed by atoms with Crippen molar-refractivity contribution >= 4 is 33.9 Å². The number of aromatic nitrogens is 3. The van der Waals surface area contributed by atoms with Crippen LogP contribution in [0.15, 0.2) is 23.4 Å². The number of halogens is 1. The molecule has 4 heterocycles. The molecule has 2 aromatic rings. The van der Waals surface area contributed by atoms with E-state index in [0.29, 0.717) is 28.5 Å². The van der Waals surface area contributed by atoms with Crippen LogP contribution in [0.2, 0.25) is 5.02 Å². The van der Waals surface area contributed by atoms with Crippen LogP contribution in [0, 0.1) is 11.8 Å². The molecule has 2 saturated carbocycles. The van der Waals surface area contributed by atoms with E-state index in [-0.39, 0.29) is 12.1 Å². The highest BCUT2D eigenvalue weighted by atomic mass is 35.5. The van der Waals surface area contributed by atoms with Crippen LogP contribution in [0.1, 0.15) is 49.5 Å². The van der Waals surface area contributed by atoms with Gasteiger partial charge in [-0.2, -0.15) is 0 Å². The molecule has 9 heteroatoms. The van der Waals surface area contributed by atoms with Gasteiger partial charge in [-0.15, -0.1) is 0 Å². The number of fused-ring (bicyclic) bond motifs is 2. The van der Waals surface area contributed by atoms with Crippen molar-refractivity contribution in [1.29, 1.82) is 0 Å². The van der Waals surface area contributed by atoms with E-state index in [2.05, 4.69) is 26.3 Å². The number of rotatable bonds is 5. The number of nitrogens with zero attached hydrogens (tertiary/aromatic N) is 4. The van der Waals surface area contributed by atoms with Gasteiger partial charge in [0.05, 0.1) is 44.2 Å². The fourth-order valence-corrected chi connectivity index (χ4v) is 7.43. The SMILES string of the molecule is O=[S@@]1CCc2nc(N3CC4CC(c5ncc(Cl)cn5)CC4C3)cc(NC3(CO)CCC3)c21. The second-order valence-corrected chi connectivity index (χ2v) is 11.8. The summed E-state index contributed by atoms with van der Waals surface area (Å²) in [7, 11) is -1.01. The van der Waals surface area contributed by atoms with Crippen molar-refractivity contribution < 1.29 is 9.32 Å². The summed E-state index contributed by atoms with van der Waals surface area (Å²) in [5.41, 5.74) is 1.60. The number of aliphatic hydroxyl groups excluding tert-OH is 1. The van der Waals surface area contributed by atoms with E-state index in [4.69, 9.17) is 16.6 Å². The molecule has 170 valence electrons. The maximum Gasteiger partial charge on any atom is 0.131 e. The lowest BCUT2D eigenvalue weighted by Crippen LogP contribution is -2.48. The van der Waals surface area contributed by atoms with Crippen molar-refractivity contribution in [3.8, 4) is 0 Å². The molecule has 2 aliphatic carbocycles. The third-order valence-electron chi connectivity index (χ3n) is 7.88. The van der Waals surface area contributed by atoms with Crippen LogP contribution < -0.4 is 10.2 Å². The molecule has 2 N–H and O–H groups in total. The second-order valence-electron chi connectivity index (χ2n) is 9.87. The van der Waals surface area contributed by atoms with Gasteiger partial charge in [-0.05, 0) is 43.9 Å². The molecule has 1 saturated heterocycles. The summed E-state index contributed by atoms with van der Waals surface area (Å²) in [4.78, 5) is 17.1. The van der Waals surface area contributed by atoms with Crippen molar-refractivity contribution in [3.05, 3.63) is 35.0 Å². The summed E-state index contributed by atoms with van der Waals surface area (Å²) in [6, 6.07) is 2.08. The Kier molecular flexibility index (Phi) is 5.15. The lowest BCUT2D eigenvalue weighted by Gasteiger charge is -2.42. The van der Waals surface area contributed by atoms with Gasteiger partial charge >= 0.3 is 0 Å². The number of anilines is 2. The van der Waals surface area contributed by atoms with E-state index >= 15 is 0 Å². The third kappa shape index (κ3) is 3.51. The fraction of sp³-hybridized carbons (Fsp3) is 0.609. The monoisotopic (exact) mass is 473 g/mol. The highest BCUT2D eigenvalue weighted by Gasteiger charge is 2.43. The Morgan fingerprint density at radius 3 is 2.56 bits per heavy atom. The minimum atomic E-state index is -1.01. The zero-order valence-corrected chi connectivity index (χ0v) is 19.5. The Morgan fingerprint density at radius 1 is 1.22 bits per heavy atom. The van der Waals surface area contributed by atoms with Crippen LogP contribution in [0.5, 0.6) is 0 Å². The molecule has 0 bridgehead atoms. The smallest absolute Gasteiger partial charge is 0.131 e. The zero-order chi connectivity index (χ0) is 21.9. The van der Waals surface area contributed by atoms with Crippen molar-refractivity contribution in [2.45, 2.75) is 54.9 Å². The first-order valence-electron chi connectivity index (χ1n) is 11.6. The molecule has 2 aromatic heterocycles. The van der Waals surface area contributed by atoms with Crippen LogP contribution in [-0.4, -0.2) is 55.3 Å². The average Bonchev–Trinajstić information content (AvgIpc) is 3.44. The number of aliphatic hydroxyl groups is 1. The van der Waals surface area contributed by atoms with E-state index in [0.717, 1.165) is 79.5 Å². The molecule has 32 heavy (non-hydrogen) atoms.